The summed E-state index contributed by atoms with van der Waals surface area (Å²) in [6, 6.07) is 9.70. The van der Waals surface area contributed by atoms with Gasteiger partial charge in [-0.05, 0) is 18.2 Å². The molecule has 0 saturated carbocycles. The number of carboxylic acids is 1. The van der Waals surface area contributed by atoms with Crippen LogP contribution in [0.1, 0.15) is 5.56 Å². The van der Waals surface area contributed by atoms with Crippen molar-refractivity contribution in [3.8, 4) is 0 Å². The summed E-state index contributed by atoms with van der Waals surface area (Å²) in [5, 5.41) is 9.76. The average Bonchev–Trinajstić information content (AvgIpc) is 2.44. The van der Waals surface area contributed by atoms with Gasteiger partial charge in [-0.15, -0.1) is 6.58 Å². The van der Waals surface area contributed by atoms with Crippen molar-refractivity contribution in [2.24, 2.45) is 0 Å². The maximum atomic E-state index is 10.7. The van der Waals surface area contributed by atoms with E-state index in [1.54, 1.807) is 12.2 Å². The van der Waals surface area contributed by atoms with Crippen molar-refractivity contribution in [2.75, 3.05) is 18.5 Å². The second kappa shape index (κ2) is 6.02. The molecule has 0 spiro atoms. The van der Waals surface area contributed by atoms with Gasteiger partial charge in [-0.1, -0.05) is 24.3 Å². The van der Waals surface area contributed by atoms with E-state index < -0.39 is 5.97 Å². The summed E-state index contributed by atoms with van der Waals surface area (Å²) in [5.41, 5.74) is 1.65. The van der Waals surface area contributed by atoms with Gasteiger partial charge in [-0.2, -0.15) is 0 Å². The summed E-state index contributed by atoms with van der Waals surface area (Å²) in [7, 11) is 1.90. The van der Waals surface area contributed by atoms with Crippen LogP contribution >= 0.6 is 0 Å². The minimum absolute atomic E-state index is 0.638. The summed E-state index contributed by atoms with van der Waals surface area (Å²) >= 11 is 0. The molecule has 2 aromatic rings. The molecule has 0 saturated heterocycles. The Kier molecular flexibility index (Phi) is 4.15. The van der Waals surface area contributed by atoms with Crippen molar-refractivity contribution in [1.82, 2.24) is 4.98 Å². The molecule has 102 valence electrons. The highest BCUT2D eigenvalue weighted by Gasteiger charge is 2.08. The molecule has 1 heterocycles. The van der Waals surface area contributed by atoms with Crippen LogP contribution in [0.2, 0.25) is 0 Å². The number of carbonyl (C=O) groups is 1. The van der Waals surface area contributed by atoms with E-state index in [1.165, 1.54) is 0 Å². The third kappa shape index (κ3) is 3.03. The first-order chi connectivity index (χ1) is 9.61. The predicted octanol–water partition coefficient (Wildman–Crippen LogP) is 2.95. The minimum Gasteiger partial charge on any atom is -0.478 e. The molecule has 0 fully saturated rings. The summed E-state index contributed by atoms with van der Waals surface area (Å²) in [4.78, 5) is 17.2. The Balaban J connectivity index is 2.57. The smallest absolute Gasteiger partial charge is 0.328 e. The first kappa shape index (κ1) is 13.8. The van der Waals surface area contributed by atoms with E-state index >= 15 is 0 Å². The second-order valence-electron chi connectivity index (χ2n) is 4.43. The van der Waals surface area contributed by atoms with Crippen LogP contribution in [0.15, 0.2) is 49.1 Å². The van der Waals surface area contributed by atoms with Gasteiger partial charge in [0.15, 0.2) is 0 Å². The number of nitrogens with zero attached hydrogens (tertiary/aromatic N) is 2. The van der Waals surface area contributed by atoms with Crippen LogP contribution in [0.4, 0.5) is 5.82 Å². The minimum atomic E-state index is -0.976. The zero-order valence-electron chi connectivity index (χ0n) is 11.3. The van der Waals surface area contributed by atoms with Gasteiger partial charge in [-0.25, -0.2) is 9.78 Å². The fourth-order valence-electron chi connectivity index (χ4n) is 1.99. The highest BCUT2D eigenvalue weighted by Crippen LogP contribution is 2.24. The van der Waals surface area contributed by atoms with E-state index in [0.717, 1.165) is 28.4 Å². The summed E-state index contributed by atoms with van der Waals surface area (Å²) < 4.78 is 0. The van der Waals surface area contributed by atoms with Gasteiger partial charge in [0.25, 0.3) is 0 Å². The molecule has 0 unspecified atom stereocenters. The summed E-state index contributed by atoms with van der Waals surface area (Å²) in [6.07, 6.45) is 4.47. The number of rotatable bonds is 5. The molecular weight excluding hydrogens is 252 g/mol. The van der Waals surface area contributed by atoms with Gasteiger partial charge < -0.3 is 10.0 Å². The highest BCUT2D eigenvalue weighted by atomic mass is 16.4. The maximum absolute atomic E-state index is 10.7. The number of aromatic nitrogens is 1. The molecule has 4 heteroatoms. The fourth-order valence-corrected chi connectivity index (χ4v) is 1.99. The molecule has 0 atom stereocenters. The molecule has 1 aromatic carbocycles. The standard InChI is InChI=1S/C16H16N2O2/c1-3-10-18(2)16-13(8-9-15(19)20)11-12-6-4-5-7-14(12)17-16/h3-9,11H,1,10H2,2H3,(H,19,20)/b9-8+. The topological polar surface area (TPSA) is 53.4 Å². The number of benzene rings is 1. The molecule has 0 aliphatic carbocycles. The molecule has 1 N–H and O–H groups in total. The molecule has 0 aliphatic heterocycles. The van der Waals surface area contributed by atoms with Gasteiger partial charge >= 0.3 is 5.97 Å². The molecule has 0 radical (unpaired) electrons. The molecule has 4 nitrogen and oxygen atoms in total. The lowest BCUT2D eigenvalue weighted by atomic mass is 10.1. The molecule has 1 aromatic heterocycles. The monoisotopic (exact) mass is 268 g/mol. The largest absolute Gasteiger partial charge is 0.478 e. The lowest BCUT2D eigenvalue weighted by molar-refractivity contribution is -0.131. The van der Waals surface area contributed by atoms with Crippen LogP contribution in [0.5, 0.6) is 0 Å². The van der Waals surface area contributed by atoms with Crippen LogP contribution in [0.3, 0.4) is 0 Å². The second-order valence-corrected chi connectivity index (χ2v) is 4.43. The van der Waals surface area contributed by atoms with Crippen molar-refractivity contribution < 1.29 is 9.90 Å². The summed E-state index contributed by atoms with van der Waals surface area (Å²) in [5.74, 6) is -0.239. The first-order valence-corrected chi connectivity index (χ1v) is 6.24. The van der Waals surface area contributed by atoms with E-state index in [0.29, 0.717) is 6.54 Å². The Morgan fingerprint density at radius 3 is 2.90 bits per heavy atom. The van der Waals surface area contributed by atoms with Gasteiger partial charge in [0.05, 0.1) is 5.52 Å². The quantitative estimate of drug-likeness (QED) is 0.669. The number of likely N-dealkylation sites (N-methyl/N-ethyl adjacent to an activating group) is 1. The zero-order chi connectivity index (χ0) is 14.5. The third-order valence-electron chi connectivity index (χ3n) is 2.90. The first-order valence-electron chi connectivity index (χ1n) is 6.24. The molecule has 0 bridgehead atoms. The number of pyridine rings is 1. The lowest BCUT2D eigenvalue weighted by Gasteiger charge is -2.19. The van der Waals surface area contributed by atoms with E-state index in [4.69, 9.17) is 5.11 Å². The number of hydrogen-bond donors (Lipinski definition) is 1. The number of anilines is 1. The highest BCUT2D eigenvalue weighted by molar-refractivity contribution is 5.90. The van der Waals surface area contributed by atoms with Crippen LogP contribution in [0.25, 0.3) is 17.0 Å². The van der Waals surface area contributed by atoms with Crippen LogP contribution in [-0.2, 0) is 4.79 Å². The maximum Gasteiger partial charge on any atom is 0.328 e. The Labute approximate surface area is 117 Å². The molecular formula is C16H16N2O2. The molecule has 0 aliphatic rings. The Bertz CT molecular complexity index is 677. The third-order valence-corrected chi connectivity index (χ3v) is 2.90. The van der Waals surface area contributed by atoms with Gasteiger partial charge in [0.2, 0.25) is 0 Å². The van der Waals surface area contributed by atoms with Gasteiger partial charge in [0, 0.05) is 30.6 Å². The Morgan fingerprint density at radius 2 is 2.20 bits per heavy atom. The molecule has 20 heavy (non-hydrogen) atoms. The molecule has 0 amide bonds. The van der Waals surface area contributed by atoms with E-state index in [1.807, 2.05) is 42.3 Å². The van der Waals surface area contributed by atoms with Crippen molar-refractivity contribution in [3.63, 3.8) is 0 Å². The number of hydrogen-bond acceptors (Lipinski definition) is 3. The van der Waals surface area contributed by atoms with Gasteiger partial charge in [0.1, 0.15) is 5.82 Å². The normalized spacial score (nSPS) is 10.8. The number of aliphatic carboxylic acids is 1. The van der Waals surface area contributed by atoms with Crippen LogP contribution < -0.4 is 4.90 Å². The van der Waals surface area contributed by atoms with E-state index in [-0.39, 0.29) is 0 Å². The van der Waals surface area contributed by atoms with Crippen molar-refractivity contribution in [2.45, 2.75) is 0 Å². The number of carboxylic acid groups (broad SMARTS) is 1. The van der Waals surface area contributed by atoms with E-state index in [9.17, 15) is 4.79 Å². The number of fused-ring (bicyclic) bond motifs is 1. The zero-order valence-corrected chi connectivity index (χ0v) is 11.3. The fraction of sp³-hybridized carbons (Fsp3) is 0.125. The average molecular weight is 268 g/mol. The number of para-hydroxylation sites is 1. The van der Waals surface area contributed by atoms with Crippen molar-refractivity contribution >= 4 is 28.8 Å². The van der Waals surface area contributed by atoms with Crippen LogP contribution in [-0.4, -0.2) is 29.7 Å². The lowest BCUT2D eigenvalue weighted by Crippen LogP contribution is -2.19. The van der Waals surface area contributed by atoms with Crippen LogP contribution in [0, 0.1) is 0 Å². The van der Waals surface area contributed by atoms with Gasteiger partial charge in [-0.3, -0.25) is 0 Å². The predicted molar refractivity (Wildman–Crippen MR) is 81.9 cm³/mol. The Morgan fingerprint density at radius 1 is 1.45 bits per heavy atom. The molecule has 2 rings (SSSR count). The Hall–Kier alpha value is -2.62. The van der Waals surface area contributed by atoms with E-state index in [2.05, 4.69) is 11.6 Å². The SMILES string of the molecule is C=CCN(C)c1nc2ccccc2cc1/C=C/C(=O)O. The van der Waals surface area contributed by atoms with Crippen molar-refractivity contribution in [3.05, 3.63) is 54.6 Å². The summed E-state index contributed by atoms with van der Waals surface area (Å²) in [6.45, 7) is 4.35. The van der Waals surface area contributed by atoms with Crippen molar-refractivity contribution in [1.29, 1.82) is 0 Å².